The van der Waals surface area contributed by atoms with Crippen molar-refractivity contribution in [2.24, 2.45) is 5.73 Å². The monoisotopic (exact) mass is 358 g/mol. The largest absolute Gasteiger partial charge is 0.497 e. The van der Waals surface area contributed by atoms with Crippen LogP contribution in [0.1, 0.15) is 19.3 Å². The molecular weight excluding hydrogens is 332 g/mol. The van der Waals surface area contributed by atoms with Crippen molar-refractivity contribution in [1.82, 2.24) is 4.31 Å². The number of sulfonamides is 1. The van der Waals surface area contributed by atoms with Crippen LogP contribution in [0.5, 0.6) is 11.5 Å². The summed E-state index contributed by atoms with van der Waals surface area (Å²) in [5, 5.41) is 0. The Labute approximate surface area is 143 Å². The predicted molar refractivity (Wildman–Crippen MR) is 91.0 cm³/mol. The SMILES string of the molecule is COc1cc(OC)cc(S(=O)(=O)N2CCC(OCCCN)CC2)c1. The zero-order valence-electron chi connectivity index (χ0n) is 14.2. The average molecular weight is 358 g/mol. The zero-order valence-corrected chi connectivity index (χ0v) is 15.0. The Hall–Kier alpha value is -1.35. The van der Waals surface area contributed by atoms with Gasteiger partial charge in [0.15, 0.2) is 0 Å². The second-order valence-corrected chi connectivity index (χ2v) is 7.60. The number of nitrogens with two attached hydrogens (primary N) is 1. The summed E-state index contributed by atoms with van der Waals surface area (Å²) in [6.45, 7) is 2.11. The molecule has 1 aromatic rings. The maximum absolute atomic E-state index is 12.8. The van der Waals surface area contributed by atoms with Gasteiger partial charge in [-0.2, -0.15) is 4.31 Å². The zero-order chi connectivity index (χ0) is 17.6. The summed E-state index contributed by atoms with van der Waals surface area (Å²) in [7, 11) is -0.587. The Morgan fingerprint density at radius 1 is 1.12 bits per heavy atom. The molecule has 1 fully saturated rings. The smallest absolute Gasteiger partial charge is 0.243 e. The van der Waals surface area contributed by atoms with E-state index in [9.17, 15) is 8.42 Å². The quantitative estimate of drug-likeness (QED) is 0.703. The van der Waals surface area contributed by atoms with Gasteiger partial charge in [-0.3, -0.25) is 0 Å². The highest BCUT2D eigenvalue weighted by Crippen LogP contribution is 2.29. The predicted octanol–water partition coefficient (Wildman–Crippen LogP) is 1.22. The van der Waals surface area contributed by atoms with Gasteiger partial charge in [0.05, 0.1) is 25.2 Å². The summed E-state index contributed by atoms with van der Waals surface area (Å²) >= 11 is 0. The summed E-state index contributed by atoms with van der Waals surface area (Å²) < 4.78 is 43.2. The molecule has 0 saturated carbocycles. The van der Waals surface area contributed by atoms with E-state index in [0.717, 1.165) is 6.42 Å². The standard InChI is InChI=1S/C16H26N2O5S/c1-21-14-10-15(22-2)12-16(11-14)24(19,20)18-7-4-13(5-8-18)23-9-3-6-17/h10-13H,3-9,17H2,1-2H3. The van der Waals surface area contributed by atoms with Crippen molar-refractivity contribution in [3.8, 4) is 11.5 Å². The molecule has 0 unspecified atom stereocenters. The van der Waals surface area contributed by atoms with Gasteiger partial charge in [0, 0.05) is 37.9 Å². The van der Waals surface area contributed by atoms with E-state index >= 15 is 0 Å². The highest BCUT2D eigenvalue weighted by atomic mass is 32.2. The van der Waals surface area contributed by atoms with Gasteiger partial charge in [-0.25, -0.2) is 8.42 Å². The van der Waals surface area contributed by atoms with E-state index in [1.54, 1.807) is 6.07 Å². The lowest BCUT2D eigenvalue weighted by molar-refractivity contribution is 0.0209. The molecule has 1 aliphatic heterocycles. The van der Waals surface area contributed by atoms with Crippen LogP contribution in [0.2, 0.25) is 0 Å². The lowest BCUT2D eigenvalue weighted by atomic mass is 10.1. The van der Waals surface area contributed by atoms with Crippen LogP contribution in [0.4, 0.5) is 0 Å². The minimum atomic E-state index is -3.58. The van der Waals surface area contributed by atoms with Gasteiger partial charge in [0.25, 0.3) is 0 Å². The molecule has 7 nitrogen and oxygen atoms in total. The van der Waals surface area contributed by atoms with Crippen LogP contribution in [0.25, 0.3) is 0 Å². The van der Waals surface area contributed by atoms with Crippen LogP contribution in [-0.4, -0.2) is 59.3 Å². The Morgan fingerprint density at radius 3 is 2.21 bits per heavy atom. The van der Waals surface area contributed by atoms with Crippen LogP contribution in [0.3, 0.4) is 0 Å². The summed E-state index contributed by atoms with van der Waals surface area (Å²) in [6, 6.07) is 4.68. The van der Waals surface area contributed by atoms with Crippen molar-refractivity contribution in [2.45, 2.75) is 30.3 Å². The van der Waals surface area contributed by atoms with Crippen LogP contribution < -0.4 is 15.2 Å². The van der Waals surface area contributed by atoms with Gasteiger partial charge in [0.1, 0.15) is 11.5 Å². The number of rotatable bonds is 8. The Balaban J connectivity index is 2.06. The second kappa shape index (κ2) is 8.66. The van der Waals surface area contributed by atoms with Crippen molar-refractivity contribution in [3.63, 3.8) is 0 Å². The molecule has 0 atom stereocenters. The first-order valence-corrected chi connectivity index (χ1v) is 9.50. The van der Waals surface area contributed by atoms with Crippen molar-refractivity contribution in [2.75, 3.05) is 40.5 Å². The molecule has 0 bridgehead atoms. The van der Waals surface area contributed by atoms with E-state index in [-0.39, 0.29) is 11.0 Å². The van der Waals surface area contributed by atoms with E-state index in [0.29, 0.717) is 50.6 Å². The molecule has 1 heterocycles. The molecule has 0 radical (unpaired) electrons. The average Bonchev–Trinajstić information content (AvgIpc) is 2.61. The molecule has 24 heavy (non-hydrogen) atoms. The Kier molecular flexibility index (Phi) is 6.85. The van der Waals surface area contributed by atoms with Gasteiger partial charge >= 0.3 is 0 Å². The van der Waals surface area contributed by atoms with Crippen LogP contribution in [0.15, 0.2) is 23.1 Å². The molecular formula is C16H26N2O5S. The Morgan fingerprint density at radius 2 is 1.71 bits per heavy atom. The van der Waals surface area contributed by atoms with E-state index in [2.05, 4.69) is 0 Å². The number of hydrogen-bond donors (Lipinski definition) is 1. The fourth-order valence-corrected chi connectivity index (χ4v) is 4.17. The molecule has 0 aliphatic carbocycles. The van der Waals surface area contributed by atoms with E-state index in [1.807, 2.05) is 0 Å². The van der Waals surface area contributed by atoms with Crippen molar-refractivity contribution in [1.29, 1.82) is 0 Å². The fraction of sp³-hybridized carbons (Fsp3) is 0.625. The lowest BCUT2D eigenvalue weighted by Crippen LogP contribution is -2.41. The van der Waals surface area contributed by atoms with E-state index < -0.39 is 10.0 Å². The fourth-order valence-electron chi connectivity index (χ4n) is 2.65. The molecule has 0 amide bonds. The number of methoxy groups -OCH3 is 2. The number of ether oxygens (including phenoxy) is 3. The van der Waals surface area contributed by atoms with Crippen molar-refractivity contribution < 1.29 is 22.6 Å². The molecule has 2 rings (SSSR count). The summed E-state index contributed by atoms with van der Waals surface area (Å²) in [5.74, 6) is 0.904. The summed E-state index contributed by atoms with van der Waals surface area (Å²) in [6.07, 6.45) is 2.29. The van der Waals surface area contributed by atoms with Crippen LogP contribution in [0, 0.1) is 0 Å². The minimum absolute atomic E-state index is 0.0999. The number of benzene rings is 1. The molecule has 136 valence electrons. The molecule has 8 heteroatoms. The van der Waals surface area contributed by atoms with Gasteiger partial charge in [0.2, 0.25) is 10.0 Å². The third-order valence-electron chi connectivity index (χ3n) is 4.07. The molecule has 2 N–H and O–H groups in total. The van der Waals surface area contributed by atoms with E-state index in [4.69, 9.17) is 19.9 Å². The first-order valence-electron chi connectivity index (χ1n) is 8.06. The van der Waals surface area contributed by atoms with Crippen LogP contribution >= 0.6 is 0 Å². The molecule has 1 aliphatic rings. The van der Waals surface area contributed by atoms with E-state index in [1.165, 1.54) is 30.7 Å². The minimum Gasteiger partial charge on any atom is -0.497 e. The first kappa shape index (κ1) is 19.0. The van der Waals surface area contributed by atoms with Gasteiger partial charge < -0.3 is 19.9 Å². The first-order chi connectivity index (χ1) is 11.5. The maximum atomic E-state index is 12.8. The van der Waals surface area contributed by atoms with Gasteiger partial charge in [-0.1, -0.05) is 0 Å². The number of hydrogen-bond acceptors (Lipinski definition) is 6. The van der Waals surface area contributed by atoms with Gasteiger partial charge in [-0.15, -0.1) is 0 Å². The van der Waals surface area contributed by atoms with Crippen LogP contribution in [-0.2, 0) is 14.8 Å². The van der Waals surface area contributed by atoms with Crippen molar-refractivity contribution >= 4 is 10.0 Å². The third-order valence-corrected chi connectivity index (χ3v) is 5.94. The highest BCUT2D eigenvalue weighted by molar-refractivity contribution is 7.89. The summed E-state index contributed by atoms with van der Waals surface area (Å²) in [4.78, 5) is 0.182. The normalized spacial score (nSPS) is 17.0. The summed E-state index contributed by atoms with van der Waals surface area (Å²) in [5.41, 5.74) is 5.45. The Bertz CT molecular complexity index is 605. The lowest BCUT2D eigenvalue weighted by Gasteiger charge is -2.31. The molecule has 1 saturated heterocycles. The third kappa shape index (κ3) is 4.60. The number of nitrogens with zero attached hydrogens (tertiary/aromatic N) is 1. The van der Waals surface area contributed by atoms with Gasteiger partial charge in [-0.05, 0) is 25.8 Å². The maximum Gasteiger partial charge on any atom is 0.243 e. The molecule has 1 aromatic carbocycles. The highest BCUT2D eigenvalue weighted by Gasteiger charge is 2.30. The van der Waals surface area contributed by atoms with Crippen molar-refractivity contribution in [3.05, 3.63) is 18.2 Å². The molecule has 0 aromatic heterocycles. The second-order valence-electron chi connectivity index (χ2n) is 5.66. The number of piperidine rings is 1. The molecule has 0 spiro atoms. The topological polar surface area (TPSA) is 91.1 Å².